The topological polar surface area (TPSA) is 55.4 Å². The molecule has 0 bridgehead atoms. The number of nitrogens with one attached hydrogen (secondary N) is 1. The maximum absolute atomic E-state index is 14.1. The van der Waals surface area contributed by atoms with Crippen LogP contribution in [0.15, 0.2) is 64.0 Å². The Morgan fingerprint density at radius 3 is 2.63 bits per heavy atom. The quantitative estimate of drug-likeness (QED) is 0.561. The minimum atomic E-state index is -0.614. The first-order valence-electron chi connectivity index (χ1n) is 8.13. The molecule has 3 rings (SSSR count). The molecule has 0 amide bonds. The van der Waals surface area contributed by atoms with Crippen LogP contribution < -0.4 is 5.32 Å². The van der Waals surface area contributed by atoms with Crippen molar-refractivity contribution in [2.24, 2.45) is 0 Å². The number of anilines is 1. The molecule has 0 fully saturated rings. The van der Waals surface area contributed by atoms with E-state index in [1.54, 1.807) is 31.2 Å². The highest BCUT2D eigenvalue weighted by molar-refractivity contribution is 8.09. The van der Waals surface area contributed by atoms with Crippen LogP contribution in [0.2, 0.25) is 5.02 Å². The number of halogens is 2. The van der Waals surface area contributed by atoms with E-state index >= 15 is 0 Å². The average molecular weight is 404 g/mol. The van der Waals surface area contributed by atoms with Crippen molar-refractivity contribution in [2.45, 2.75) is 6.92 Å². The van der Waals surface area contributed by atoms with E-state index in [1.165, 1.54) is 24.3 Å². The number of ketones is 1. The molecule has 1 aliphatic heterocycles. The average Bonchev–Trinajstić information content (AvgIpc) is 2.95. The first-order chi connectivity index (χ1) is 13.0. The molecule has 2 aromatic carbocycles. The third kappa shape index (κ3) is 4.23. The van der Waals surface area contributed by atoms with Crippen molar-refractivity contribution in [3.8, 4) is 0 Å². The molecule has 138 valence electrons. The number of esters is 1. The predicted molar refractivity (Wildman–Crippen MR) is 106 cm³/mol. The summed E-state index contributed by atoms with van der Waals surface area (Å²) in [6.45, 7) is 1.86. The van der Waals surface area contributed by atoms with E-state index in [9.17, 15) is 14.0 Å². The molecular formula is C20H15ClFNO3S. The largest absolute Gasteiger partial charge is 0.462 e. The minimum Gasteiger partial charge on any atom is -0.462 e. The number of rotatable bonds is 5. The van der Waals surface area contributed by atoms with Gasteiger partial charge in [0.2, 0.25) is 5.78 Å². The summed E-state index contributed by atoms with van der Waals surface area (Å²) in [7, 11) is 0. The first-order valence-corrected chi connectivity index (χ1v) is 9.32. The van der Waals surface area contributed by atoms with E-state index in [4.69, 9.17) is 16.3 Å². The van der Waals surface area contributed by atoms with Crippen molar-refractivity contribution in [1.29, 1.82) is 0 Å². The van der Waals surface area contributed by atoms with Gasteiger partial charge in [0.25, 0.3) is 0 Å². The van der Waals surface area contributed by atoms with Crippen molar-refractivity contribution >= 4 is 46.9 Å². The van der Waals surface area contributed by atoms with Gasteiger partial charge in [-0.1, -0.05) is 47.6 Å². The van der Waals surface area contributed by atoms with E-state index in [2.05, 4.69) is 5.32 Å². The molecule has 0 saturated heterocycles. The van der Waals surface area contributed by atoms with E-state index in [-0.39, 0.29) is 32.7 Å². The maximum Gasteiger partial charge on any atom is 0.347 e. The summed E-state index contributed by atoms with van der Waals surface area (Å²) in [6.07, 6.45) is 1.35. The Labute approximate surface area is 165 Å². The summed E-state index contributed by atoms with van der Waals surface area (Å²) in [4.78, 5) is 25.5. The van der Waals surface area contributed by atoms with Crippen LogP contribution in [0.25, 0.3) is 6.08 Å². The summed E-state index contributed by atoms with van der Waals surface area (Å²) < 4.78 is 19.1. The van der Waals surface area contributed by atoms with Crippen LogP contribution >= 0.6 is 23.4 Å². The van der Waals surface area contributed by atoms with Crippen molar-refractivity contribution < 1.29 is 18.7 Å². The summed E-state index contributed by atoms with van der Waals surface area (Å²) in [5.41, 5.74) is 0.843. The van der Waals surface area contributed by atoms with Crippen LogP contribution in [0.4, 0.5) is 10.1 Å². The monoisotopic (exact) mass is 403 g/mol. The van der Waals surface area contributed by atoms with E-state index in [0.29, 0.717) is 5.69 Å². The number of allylic oxidation sites excluding steroid dienone is 1. The lowest BCUT2D eigenvalue weighted by Crippen LogP contribution is -2.13. The molecule has 1 heterocycles. The van der Waals surface area contributed by atoms with Gasteiger partial charge >= 0.3 is 5.97 Å². The van der Waals surface area contributed by atoms with Crippen LogP contribution in [0.5, 0.6) is 0 Å². The molecule has 1 N–H and O–H groups in total. The van der Waals surface area contributed by atoms with Crippen LogP contribution in [0.3, 0.4) is 0 Å². The van der Waals surface area contributed by atoms with Gasteiger partial charge in [-0.15, -0.1) is 0 Å². The molecule has 0 aromatic heterocycles. The Kier molecular flexibility index (Phi) is 5.98. The molecule has 0 unspecified atom stereocenters. The second-order valence-electron chi connectivity index (χ2n) is 5.49. The number of ether oxygens (including phenoxy) is 1. The smallest absolute Gasteiger partial charge is 0.347 e. The van der Waals surface area contributed by atoms with Crippen molar-refractivity contribution in [2.75, 3.05) is 11.9 Å². The van der Waals surface area contributed by atoms with Gasteiger partial charge in [0, 0.05) is 11.3 Å². The predicted octanol–water partition coefficient (Wildman–Crippen LogP) is 5.02. The fourth-order valence-corrected chi connectivity index (χ4v) is 3.63. The Morgan fingerprint density at radius 1 is 1.22 bits per heavy atom. The summed E-state index contributed by atoms with van der Waals surface area (Å²) in [5, 5.41) is 3.14. The fourth-order valence-electron chi connectivity index (χ4n) is 2.43. The minimum absolute atomic E-state index is 0.0965. The van der Waals surface area contributed by atoms with E-state index in [1.807, 2.05) is 6.07 Å². The summed E-state index contributed by atoms with van der Waals surface area (Å²) in [5.74, 6) is -1.59. The third-order valence-electron chi connectivity index (χ3n) is 3.67. The number of thioether (sulfide) groups is 1. The maximum atomic E-state index is 14.1. The van der Waals surface area contributed by atoms with Gasteiger partial charge in [-0.2, -0.15) is 0 Å². The highest BCUT2D eigenvalue weighted by Gasteiger charge is 2.34. The Bertz CT molecular complexity index is 937. The number of carbonyl (C=O) groups is 2. The SMILES string of the molecule is CCOC(=O)C1=C(Nc2ccccc2)C(=O)/C(=C/c2c(F)cccc2Cl)S1. The highest BCUT2D eigenvalue weighted by Crippen LogP contribution is 2.41. The van der Waals surface area contributed by atoms with E-state index in [0.717, 1.165) is 11.8 Å². The zero-order chi connectivity index (χ0) is 19.4. The highest BCUT2D eigenvalue weighted by atomic mass is 35.5. The first kappa shape index (κ1) is 19.2. The fraction of sp³-hybridized carbons (Fsp3) is 0.100. The lowest BCUT2D eigenvalue weighted by Gasteiger charge is -2.07. The van der Waals surface area contributed by atoms with Gasteiger partial charge in [-0.3, -0.25) is 4.79 Å². The molecular weight excluding hydrogens is 389 g/mol. The number of carbonyl (C=O) groups excluding carboxylic acids is 2. The second-order valence-corrected chi connectivity index (χ2v) is 6.95. The Balaban J connectivity index is 1.99. The van der Waals surface area contributed by atoms with Gasteiger partial charge in [0.1, 0.15) is 16.4 Å². The zero-order valence-electron chi connectivity index (χ0n) is 14.3. The lowest BCUT2D eigenvalue weighted by atomic mass is 10.1. The normalized spacial score (nSPS) is 15.4. The molecule has 7 heteroatoms. The Morgan fingerprint density at radius 2 is 1.96 bits per heavy atom. The van der Waals surface area contributed by atoms with Crippen molar-refractivity contribution in [3.63, 3.8) is 0 Å². The molecule has 0 aliphatic carbocycles. The van der Waals surface area contributed by atoms with E-state index < -0.39 is 17.6 Å². The number of hydrogen-bond donors (Lipinski definition) is 1. The zero-order valence-corrected chi connectivity index (χ0v) is 15.9. The number of para-hydroxylation sites is 1. The molecule has 1 aliphatic rings. The third-order valence-corrected chi connectivity index (χ3v) is 5.10. The van der Waals surface area contributed by atoms with Crippen molar-refractivity contribution in [3.05, 3.63) is 80.4 Å². The van der Waals surface area contributed by atoms with Crippen LogP contribution in [0.1, 0.15) is 12.5 Å². The van der Waals surface area contributed by atoms with Crippen LogP contribution in [-0.2, 0) is 14.3 Å². The number of Topliss-reactive ketones (excluding diaryl/α,β-unsaturated/α-hetero) is 1. The van der Waals surface area contributed by atoms with Gasteiger partial charge < -0.3 is 10.1 Å². The molecule has 27 heavy (non-hydrogen) atoms. The molecule has 0 radical (unpaired) electrons. The summed E-state index contributed by atoms with van der Waals surface area (Å²) >= 11 is 6.98. The standard InChI is InChI=1S/C20H15ClFNO3S/c1-2-26-20(25)19-17(23-12-7-4-3-5-8-12)18(24)16(27-19)11-13-14(21)9-6-10-15(13)22/h3-11,23H,2H2,1H3/b16-11-. The second kappa shape index (κ2) is 8.41. The Hall–Kier alpha value is -2.57. The molecule has 4 nitrogen and oxygen atoms in total. The van der Waals surface area contributed by atoms with Gasteiger partial charge in [-0.05, 0) is 37.3 Å². The number of benzene rings is 2. The van der Waals surface area contributed by atoms with Crippen LogP contribution in [0, 0.1) is 5.82 Å². The van der Waals surface area contributed by atoms with Gasteiger partial charge in [0.05, 0.1) is 16.5 Å². The molecule has 0 saturated carbocycles. The van der Waals surface area contributed by atoms with Gasteiger partial charge in [0.15, 0.2) is 0 Å². The molecule has 2 aromatic rings. The van der Waals surface area contributed by atoms with Crippen molar-refractivity contribution in [1.82, 2.24) is 0 Å². The lowest BCUT2D eigenvalue weighted by molar-refractivity contribution is -0.137. The van der Waals surface area contributed by atoms with Crippen LogP contribution in [-0.4, -0.2) is 18.4 Å². The number of hydrogen-bond acceptors (Lipinski definition) is 5. The molecule has 0 atom stereocenters. The molecule has 0 spiro atoms. The van der Waals surface area contributed by atoms with Gasteiger partial charge in [-0.25, -0.2) is 9.18 Å². The summed E-state index contributed by atoms with van der Waals surface area (Å²) in [6, 6.07) is 13.2.